The molecule has 0 spiro atoms. The number of carbonyl (C=O) groups excluding carboxylic acids is 1. The number of rotatable bonds is 8. The van der Waals surface area contributed by atoms with E-state index in [9.17, 15) is 4.79 Å². The summed E-state index contributed by atoms with van der Waals surface area (Å²) >= 11 is 0. The van der Waals surface area contributed by atoms with Gasteiger partial charge in [0.2, 0.25) is 0 Å². The fraction of sp³-hybridized carbons (Fsp3) is 0.652. The molecule has 2 saturated heterocycles. The lowest BCUT2D eigenvalue weighted by Crippen LogP contribution is -2.55. The Hall–Kier alpha value is -2.48. The molecule has 2 heterocycles. The Morgan fingerprint density at radius 2 is 1.84 bits per heavy atom. The van der Waals surface area contributed by atoms with Gasteiger partial charge in [0.05, 0.1) is 13.2 Å². The summed E-state index contributed by atoms with van der Waals surface area (Å²) in [4.78, 5) is 21.1. The van der Waals surface area contributed by atoms with E-state index in [0.29, 0.717) is 32.9 Å². The van der Waals surface area contributed by atoms with Crippen LogP contribution >= 0.6 is 0 Å². The molecule has 2 aliphatic rings. The number of nitrogens with zero attached hydrogens (tertiary/aromatic N) is 3. The molecule has 3 rings (SSSR count). The van der Waals surface area contributed by atoms with Crippen molar-refractivity contribution in [2.45, 2.75) is 39.2 Å². The lowest BCUT2D eigenvalue weighted by molar-refractivity contribution is -0.142. The summed E-state index contributed by atoms with van der Waals surface area (Å²) in [6.07, 6.45) is 2.44. The zero-order valence-electron chi connectivity index (χ0n) is 19.1. The zero-order chi connectivity index (χ0) is 22.1. The van der Waals surface area contributed by atoms with Gasteiger partial charge in [-0.1, -0.05) is 6.07 Å². The Balaban J connectivity index is 1.46. The summed E-state index contributed by atoms with van der Waals surface area (Å²) in [5.41, 5.74) is 1.18. The molecular weight excluding hydrogens is 396 g/mol. The number of guanidine groups is 1. The average Bonchev–Trinajstić information content (AvgIpc) is 3.33. The van der Waals surface area contributed by atoms with Crippen molar-refractivity contribution in [3.05, 3.63) is 23.8 Å². The molecular formula is C23H36N4O4. The van der Waals surface area contributed by atoms with Gasteiger partial charge in [0.15, 0.2) is 17.5 Å². The summed E-state index contributed by atoms with van der Waals surface area (Å²) in [6.45, 7) is 9.59. The van der Waals surface area contributed by atoms with Crippen molar-refractivity contribution in [3.63, 3.8) is 0 Å². The molecule has 1 aromatic rings. The van der Waals surface area contributed by atoms with Crippen molar-refractivity contribution < 1.29 is 19.0 Å². The van der Waals surface area contributed by atoms with Crippen molar-refractivity contribution in [1.82, 2.24) is 15.1 Å². The largest absolute Gasteiger partial charge is 0.490 e. The van der Waals surface area contributed by atoms with Crippen LogP contribution in [0.5, 0.6) is 11.5 Å². The molecule has 1 amide bonds. The normalized spacial score (nSPS) is 19.5. The number of amides is 1. The number of hydrogen-bond donors (Lipinski definition) is 1. The van der Waals surface area contributed by atoms with Crippen LogP contribution in [0.15, 0.2) is 23.2 Å². The number of ether oxygens (including phenoxy) is 3. The number of hydrogen-bond acceptors (Lipinski definition) is 5. The molecule has 31 heavy (non-hydrogen) atoms. The number of benzene rings is 1. The first-order valence-corrected chi connectivity index (χ1v) is 11.4. The van der Waals surface area contributed by atoms with Crippen LogP contribution in [0, 0.1) is 0 Å². The third-order valence-corrected chi connectivity index (χ3v) is 5.61. The van der Waals surface area contributed by atoms with Crippen LogP contribution in [-0.2, 0) is 16.0 Å². The third-order valence-electron chi connectivity index (χ3n) is 5.61. The van der Waals surface area contributed by atoms with Crippen LogP contribution in [0.1, 0.15) is 32.3 Å². The second-order valence-corrected chi connectivity index (χ2v) is 7.69. The zero-order valence-corrected chi connectivity index (χ0v) is 19.1. The average molecular weight is 433 g/mol. The molecule has 0 aromatic heterocycles. The van der Waals surface area contributed by atoms with Crippen molar-refractivity contribution in [2.24, 2.45) is 4.99 Å². The van der Waals surface area contributed by atoms with E-state index in [4.69, 9.17) is 14.2 Å². The Bertz CT molecular complexity index is 741. The highest BCUT2D eigenvalue weighted by Crippen LogP contribution is 2.28. The van der Waals surface area contributed by atoms with E-state index >= 15 is 0 Å². The fourth-order valence-electron chi connectivity index (χ4n) is 4.02. The SMILES string of the molecule is CCOc1ccc(CCNC(=NC)N2CCN(C(=O)C3CCCO3)CC2)cc1OCC. The van der Waals surface area contributed by atoms with E-state index in [0.717, 1.165) is 56.4 Å². The van der Waals surface area contributed by atoms with E-state index in [-0.39, 0.29) is 12.0 Å². The lowest BCUT2D eigenvalue weighted by Gasteiger charge is -2.37. The molecule has 0 bridgehead atoms. The monoisotopic (exact) mass is 432 g/mol. The van der Waals surface area contributed by atoms with Gasteiger partial charge in [0.25, 0.3) is 5.91 Å². The summed E-state index contributed by atoms with van der Waals surface area (Å²) in [5.74, 6) is 2.59. The van der Waals surface area contributed by atoms with Gasteiger partial charge >= 0.3 is 0 Å². The molecule has 8 heteroatoms. The molecule has 1 unspecified atom stereocenters. The second kappa shape index (κ2) is 11.8. The predicted octanol–water partition coefficient (Wildman–Crippen LogP) is 1.93. The van der Waals surface area contributed by atoms with Crippen LogP contribution in [0.2, 0.25) is 0 Å². The Morgan fingerprint density at radius 3 is 2.48 bits per heavy atom. The van der Waals surface area contributed by atoms with E-state index in [1.807, 2.05) is 24.8 Å². The van der Waals surface area contributed by atoms with E-state index in [1.165, 1.54) is 5.56 Å². The van der Waals surface area contributed by atoms with Gasteiger partial charge in [-0.25, -0.2) is 0 Å². The molecule has 0 aliphatic carbocycles. The number of nitrogens with one attached hydrogen (secondary N) is 1. The second-order valence-electron chi connectivity index (χ2n) is 7.69. The minimum Gasteiger partial charge on any atom is -0.490 e. The fourth-order valence-corrected chi connectivity index (χ4v) is 4.02. The quantitative estimate of drug-likeness (QED) is 0.500. The Morgan fingerprint density at radius 1 is 1.13 bits per heavy atom. The van der Waals surface area contributed by atoms with E-state index < -0.39 is 0 Å². The van der Waals surface area contributed by atoms with Crippen molar-refractivity contribution >= 4 is 11.9 Å². The standard InChI is InChI=1S/C23H36N4O4/c1-4-29-19-9-8-18(17-21(19)30-5-2)10-11-25-23(24-3)27-14-12-26(13-15-27)22(28)20-7-6-16-31-20/h8-9,17,20H,4-7,10-16H2,1-3H3,(H,24,25). The first-order chi connectivity index (χ1) is 15.2. The highest BCUT2D eigenvalue weighted by molar-refractivity contribution is 5.82. The van der Waals surface area contributed by atoms with Crippen LogP contribution in [0.4, 0.5) is 0 Å². The van der Waals surface area contributed by atoms with E-state index in [2.05, 4.69) is 27.3 Å². The molecule has 2 fully saturated rings. The van der Waals surface area contributed by atoms with Gasteiger partial charge < -0.3 is 29.3 Å². The summed E-state index contributed by atoms with van der Waals surface area (Å²) in [7, 11) is 1.80. The molecule has 0 saturated carbocycles. The number of aliphatic imine (C=N–C) groups is 1. The molecule has 1 atom stereocenters. The minimum atomic E-state index is -0.236. The van der Waals surface area contributed by atoms with Crippen LogP contribution in [-0.4, -0.2) is 87.4 Å². The number of piperazine rings is 1. The van der Waals surface area contributed by atoms with Gasteiger partial charge in [0, 0.05) is 46.4 Å². The van der Waals surface area contributed by atoms with Gasteiger partial charge in [-0.2, -0.15) is 0 Å². The lowest BCUT2D eigenvalue weighted by atomic mass is 10.1. The number of carbonyl (C=O) groups is 1. The summed E-state index contributed by atoms with van der Waals surface area (Å²) in [6, 6.07) is 6.10. The van der Waals surface area contributed by atoms with Gasteiger partial charge in [0.1, 0.15) is 6.10 Å². The van der Waals surface area contributed by atoms with Gasteiger partial charge in [-0.05, 0) is 50.8 Å². The highest BCUT2D eigenvalue weighted by atomic mass is 16.5. The summed E-state index contributed by atoms with van der Waals surface area (Å²) < 4.78 is 16.9. The topological polar surface area (TPSA) is 75.6 Å². The van der Waals surface area contributed by atoms with Gasteiger partial charge in [-0.3, -0.25) is 9.79 Å². The molecule has 0 radical (unpaired) electrons. The smallest absolute Gasteiger partial charge is 0.251 e. The molecule has 8 nitrogen and oxygen atoms in total. The van der Waals surface area contributed by atoms with Crippen LogP contribution in [0.3, 0.4) is 0 Å². The van der Waals surface area contributed by atoms with Crippen molar-refractivity contribution in [3.8, 4) is 11.5 Å². The molecule has 1 N–H and O–H groups in total. The predicted molar refractivity (Wildman–Crippen MR) is 121 cm³/mol. The maximum atomic E-state index is 12.5. The Kier molecular flexibility index (Phi) is 8.82. The Labute approximate surface area is 185 Å². The highest BCUT2D eigenvalue weighted by Gasteiger charge is 2.30. The van der Waals surface area contributed by atoms with Crippen LogP contribution < -0.4 is 14.8 Å². The maximum absolute atomic E-state index is 12.5. The molecule has 1 aromatic carbocycles. The maximum Gasteiger partial charge on any atom is 0.251 e. The van der Waals surface area contributed by atoms with E-state index in [1.54, 1.807) is 7.05 Å². The van der Waals surface area contributed by atoms with Gasteiger partial charge in [-0.15, -0.1) is 0 Å². The first-order valence-electron chi connectivity index (χ1n) is 11.4. The molecule has 172 valence electrons. The minimum absolute atomic E-state index is 0.140. The molecule has 2 aliphatic heterocycles. The van der Waals surface area contributed by atoms with Crippen LogP contribution in [0.25, 0.3) is 0 Å². The van der Waals surface area contributed by atoms with Crippen molar-refractivity contribution in [1.29, 1.82) is 0 Å². The third kappa shape index (κ3) is 6.26. The van der Waals surface area contributed by atoms with Crippen molar-refractivity contribution in [2.75, 3.05) is 59.6 Å². The summed E-state index contributed by atoms with van der Waals surface area (Å²) in [5, 5.41) is 3.45. The first kappa shape index (κ1) is 23.2.